The van der Waals surface area contributed by atoms with E-state index in [-0.39, 0.29) is 0 Å². The van der Waals surface area contributed by atoms with E-state index in [1.165, 1.54) is 33.0 Å². The molecule has 11 aromatic carbocycles. The van der Waals surface area contributed by atoms with Gasteiger partial charge in [0.05, 0.1) is 56.2 Å². The van der Waals surface area contributed by atoms with E-state index in [2.05, 4.69) is 301 Å². The van der Waals surface area contributed by atoms with E-state index in [4.69, 9.17) is 0 Å². The van der Waals surface area contributed by atoms with Crippen molar-refractivity contribution in [2.45, 2.75) is 27.7 Å². The van der Waals surface area contributed by atoms with Gasteiger partial charge in [-0.3, -0.25) is 0 Å². The molecule has 366 valence electrons. The van der Waals surface area contributed by atoms with Crippen LogP contribution in [0.2, 0.25) is 0 Å². The van der Waals surface area contributed by atoms with Crippen LogP contribution in [0.5, 0.6) is 0 Å². The second-order valence-electron chi connectivity index (χ2n) is 20.1. The molecular weight excluding hydrogens is 925 g/mol. The average molecular weight is 981 g/mol. The van der Waals surface area contributed by atoms with Crippen molar-refractivity contribution in [3.63, 3.8) is 0 Å². The van der Waals surface area contributed by atoms with Crippen molar-refractivity contribution in [1.29, 1.82) is 0 Å². The van der Waals surface area contributed by atoms with Gasteiger partial charge in [0.2, 0.25) is 0 Å². The summed E-state index contributed by atoms with van der Waals surface area (Å²) in [6.07, 6.45) is 0. The van der Waals surface area contributed by atoms with E-state index in [0.29, 0.717) is 0 Å². The molecule has 13 aromatic rings. The van der Waals surface area contributed by atoms with Crippen LogP contribution in [0.3, 0.4) is 0 Å². The Morgan fingerprint density at radius 2 is 0.566 bits per heavy atom. The van der Waals surface area contributed by atoms with Crippen LogP contribution in [0.25, 0.3) is 77.2 Å². The molecule has 4 N–H and O–H groups in total. The van der Waals surface area contributed by atoms with Gasteiger partial charge in [-0.25, -0.2) is 0 Å². The molecule has 0 radical (unpaired) electrons. The molecule has 0 bridgehead atoms. The average Bonchev–Trinajstić information content (AvgIpc) is 3.93. The van der Waals surface area contributed by atoms with E-state index in [9.17, 15) is 0 Å². The molecular formula is C70H56N6. The van der Waals surface area contributed by atoms with Crippen LogP contribution >= 0.6 is 0 Å². The molecule has 0 amide bonds. The number of aryl methyl sites for hydroxylation is 4. The molecule has 0 aliphatic heterocycles. The number of para-hydroxylation sites is 2. The number of aromatic nitrogens is 2. The molecule has 0 saturated carbocycles. The first-order valence-corrected chi connectivity index (χ1v) is 26.1. The van der Waals surface area contributed by atoms with Crippen LogP contribution in [0, 0.1) is 27.7 Å². The van der Waals surface area contributed by atoms with Crippen LogP contribution in [-0.2, 0) is 0 Å². The molecule has 0 fully saturated rings. The van der Waals surface area contributed by atoms with Gasteiger partial charge in [-0.05, 0) is 136 Å². The first-order chi connectivity index (χ1) is 37.3. The minimum Gasteiger partial charge on any atom is -0.353 e. The largest absolute Gasteiger partial charge is 0.353 e. The Labute approximate surface area is 443 Å². The van der Waals surface area contributed by atoms with Crippen LogP contribution in [-0.4, -0.2) is 9.13 Å². The highest BCUT2D eigenvalue weighted by Gasteiger charge is 2.26. The number of hydrogen-bond donors (Lipinski definition) is 4. The van der Waals surface area contributed by atoms with Crippen LogP contribution in [0.15, 0.2) is 243 Å². The smallest absolute Gasteiger partial charge is 0.0874 e. The zero-order chi connectivity index (χ0) is 51.3. The zero-order valence-electron chi connectivity index (χ0n) is 43.0. The molecule has 0 aliphatic rings. The first-order valence-electron chi connectivity index (χ1n) is 26.1. The number of fused-ring (bicyclic) bond motifs is 6. The third kappa shape index (κ3) is 8.46. The Bertz CT molecular complexity index is 3990. The molecule has 2 aromatic heterocycles. The molecule has 0 aliphatic carbocycles. The van der Waals surface area contributed by atoms with Crippen LogP contribution in [0.4, 0.5) is 45.5 Å². The van der Waals surface area contributed by atoms with Crippen LogP contribution in [0.1, 0.15) is 22.3 Å². The lowest BCUT2D eigenvalue weighted by molar-refractivity contribution is 1.17. The van der Waals surface area contributed by atoms with Crippen molar-refractivity contribution in [3.8, 4) is 33.6 Å². The number of nitrogens with one attached hydrogen (secondary N) is 4. The summed E-state index contributed by atoms with van der Waals surface area (Å²) >= 11 is 0. The fourth-order valence-corrected chi connectivity index (χ4v) is 11.0. The van der Waals surface area contributed by atoms with Gasteiger partial charge in [-0.2, -0.15) is 0 Å². The maximum atomic E-state index is 3.98. The molecule has 0 spiro atoms. The van der Waals surface area contributed by atoms with Crippen molar-refractivity contribution >= 4 is 89.1 Å². The van der Waals surface area contributed by atoms with E-state index in [1.807, 2.05) is 0 Å². The van der Waals surface area contributed by atoms with Gasteiger partial charge < -0.3 is 30.4 Å². The van der Waals surface area contributed by atoms with Gasteiger partial charge in [0, 0.05) is 55.4 Å². The minimum absolute atomic E-state index is 0.967. The topological polar surface area (TPSA) is 58.0 Å². The third-order valence-corrected chi connectivity index (χ3v) is 14.7. The fraction of sp³-hybridized carbons (Fsp3) is 0.0571. The molecule has 6 heteroatoms. The number of rotatable bonds is 12. The van der Waals surface area contributed by atoms with Gasteiger partial charge in [0.15, 0.2) is 0 Å². The molecule has 0 saturated heterocycles. The molecule has 0 unspecified atom stereocenters. The minimum atomic E-state index is 0.967. The maximum absolute atomic E-state index is 3.98. The Morgan fingerprint density at radius 1 is 0.250 bits per heavy atom. The van der Waals surface area contributed by atoms with E-state index >= 15 is 0 Å². The Hall–Kier alpha value is -9.78. The Balaban J connectivity index is 1.12. The van der Waals surface area contributed by atoms with Crippen molar-refractivity contribution in [2.24, 2.45) is 0 Å². The summed E-state index contributed by atoms with van der Waals surface area (Å²) in [5, 5.41) is 20.5. The number of benzene rings is 11. The van der Waals surface area contributed by atoms with Gasteiger partial charge in [0.25, 0.3) is 0 Å². The second kappa shape index (κ2) is 19.2. The first kappa shape index (κ1) is 46.0. The fourth-order valence-electron chi connectivity index (χ4n) is 11.0. The quantitative estimate of drug-likeness (QED) is 0.0985. The monoisotopic (exact) mass is 980 g/mol. The van der Waals surface area contributed by atoms with E-state index < -0.39 is 0 Å². The summed E-state index contributed by atoms with van der Waals surface area (Å²) in [7, 11) is 0. The molecule has 0 atom stereocenters. The van der Waals surface area contributed by atoms with Crippen molar-refractivity contribution in [2.75, 3.05) is 21.3 Å². The highest BCUT2D eigenvalue weighted by atomic mass is 15.1. The Kier molecular flexibility index (Phi) is 11.7. The summed E-state index contributed by atoms with van der Waals surface area (Å²) in [4.78, 5) is 0. The standard InChI is InChI=1S/C70H56N6/c1-45-25-31-53(32-26-45)71-67-55(49-17-9-5-10-18-49)35-39-63(69(67)73-51-21-13-7-14-22-51)75-61-37-29-47(3)41-57(61)59-44-66-60(43-65(59)75)58-42-48(4)30-38-62(58)76(66)64-40-36-56(50-19-11-6-12-20-50)68(72-54-33-27-46(2)28-34-54)70(64)74-52-23-15-8-16-24-52/h5-44,71-74H,1-4H3. The van der Waals surface area contributed by atoms with Gasteiger partial charge in [0.1, 0.15) is 0 Å². The maximum Gasteiger partial charge on any atom is 0.0874 e. The van der Waals surface area contributed by atoms with Crippen molar-refractivity contribution in [3.05, 3.63) is 265 Å². The molecule has 13 rings (SSSR count). The lowest BCUT2D eigenvalue weighted by Gasteiger charge is -2.23. The number of hydrogen-bond acceptors (Lipinski definition) is 4. The predicted octanol–water partition coefficient (Wildman–Crippen LogP) is 19.4. The van der Waals surface area contributed by atoms with E-state index in [0.717, 1.165) is 112 Å². The lowest BCUT2D eigenvalue weighted by Crippen LogP contribution is -2.06. The summed E-state index contributed by atoms with van der Waals surface area (Å²) in [5.41, 5.74) is 23.7. The predicted molar refractivity (Wildman–Crippen MR) is 324 cm³/mol. The summed E-state index contributed by atoms with van der Waals surface area (Å²) in [6.45, 7) is 8.65. The molecule has 76 heavy (non-hydrogen) atoms. The lowest BCUT2D eigenvalue weighted by atomic mass is 10.00. The molecule has 2 heterocycles. The van der Waals surface area contributed by atoms with E-state index in [1.54, 1.807) is 0 Å². The highest BCUT2D eigenvalue weighted by molar-refractivity contribution is 6.20. The van der Waals surface area contributed by atoms with Crippen molar-refractivity contribution < 1.29 is 0 Å². The highest BCUT2D eigenvalue weighted by Crippen LogP contribution is 2.49. The zero-order valence-corrected chi connectivity index (χ0v) is 43.0. The second-order valence-corrected chi connectivity index (χ2v) is 20.1. The summed E-state index contributed by atoms with van der Waals surface area (Å²) in [6, 6.07) is 87.5. The summed E-state index contributed by atoms with van der Waals surface area (Å²) in [5.74, 6) is 0. The van der Waals surface area contributed by atoms with Crippen LogP contribution < -0.4 is 21.3 Å². The molecule has 6 nitrogen and oxygen atoms in total. The van der Waals surface area contributed by atoms with Crippen molar-refractivity contribution in [1.82, 2.24) is 9.13 Å². The number of anilines is 8. The normalized spacial score (nSPS) is 11.4. The number of nitrogens with zero attached hydrogens (tertiary/aromatic N) is 2. The Morgan fingerprint density at radius 3 is 0.947 bits per heavy atom. The van der Waals surface area contributed by atoms with Gasteiger partial charge in [-0.15, -0.1) is 0 Å². The van der Waals surface area contributed by atoms with Gasteiger partial charge >= 0.3 is 0 Å². The third-order valence-electron chi connectivity index (χ3n) is 14.7. The summed E-state index contributed by atoms with van der Waals surface area (Å²) < 4.78 is 4.95. The van der Waals surface area contributed by atoms with Gasteiger partial charge in [-0.1, -0.05) is 168 Å². The SMILES string of the molecule is Cc1ccc(Nc2c(-c3ccccc3)ccc(-n3c4ccc(C)cc4c4cc5c(cc43)c3cc(C)ccc3n5-c3ccc(-c4ccccc4)c(Nc4ccc(C)cc4)c3Nc3ccccc3)c2Nc2ccccc2)cc1.